The fraction of sp³-hybridized carbons (Fsp3) is 0.0476. The minimum Gasteiger partial charge on any atom is -0.436 e. The average molecular weight is 313 g/mol. The number of carbonyl (C=O) groups excluding carboxylic acids is 1. The van der Waals surface area contributed by atoms with Crippen LogP contribution in [0.2, 0.25) is 0 Å². The number of para-hydroxylation sites is 2. The van der Waals surface area contributed by atoms with Gasteiger partial charge in [-0.05, 0) is 31.2 Å². The topological polar surface area (TPSA) is 43.1 Å². The van der Waals surface area contributed by atoms with Gasteiger partial charge in [-0.15, -0.1) is 0 Å². The SMILES string of the molecule is Cc1ccc(-c2nc3ccccc3o2)c(C(=O)c2ccccc2)c1. The Bertz CT molecular complexity index is 999. The van der Waals surface area contributed by atoms with Crippen molar-refractivity contribution in [2.45, 2.75) is 6.92 Å². The van der Waals surface area contributed by atoms with Crippen LogP contribution in [0.4, 0.5) is 0 Å². The Hall–Kier alpha value is -3.20. The van der Waals surface area contributed by atoms with Crippen LogP contribution in [-0.4, -0.2) is 10.8 Å². The lowest BCUT2D eigenvalue weighted by Crippen LogP contribution is -2.04. The quantitative estimate of drug-likeness (QED) is 0.498. The molecule has 4 aromatic rings. The van der Waals surface area contributed by atoms with Crippen molar-refractivity contribution < 1.29 is 9.21 Å². The van der Waals surface area contributed by atoms with E-state index in [0.717, 1.165) is 11.1 Å². The number of fused-ring (bicyclic) bond motifs is 1. The number of hydrogen-bond donors (Lipinski definition) is 0. The maximum Gasteiger partial charge on any atom is 0.228 e. The largest absolute Gasteiger partial charge is 0.436 e. The van der Waals surface area contributed by atoms with E-state index in [4.69, 9.17) is 4.42 Å². The van der Waals surface area contributed by atoms with Crippen LogP contribution < -0.4 is 0 Å². The van der Waals surface area contributed by atoms with Gasteiger partial charge in [-0.25, -0.2) is 4.98 Å². The summed E-state index contributed by atoms with van der Waals surface area (Å²) >= 11 is 0. The zero-order valence-corrected chi connectivity index (χ0v) is 13.2. The molecule has 3 aromatic carbocycles. The molecule has 0 spiro atoms. The van der Waals surface area contributed by atoms with Gasteiger partial charge >= 0.3 is 0 Å². The van der Waals surface area contributed by atoms with E-state index in [0.29, 0.717) is 28.2 Å². The summed E-state index contributed by atoms with van der Waals surface area (Å²) in [7, 11) is 0. The highest BCUT2D eigenvalue weighted by molar-refractivity contribution is 6.12. The fourth-order valence-electron chi connectivity index (χ4n) is 2.76. The monoisotopic (exact) mass is 313 g/mol. The number of carbonyl (C=O) groups is 1. The number of ketones is 1. The second kappa shape index (κ2) is 5.78. The van der Waals surface area contributed by atoms with E-state index in [1.165, 1.54) is 0 Å². The van der Waals surface area contributed by atoms with Crippen LogP contribution in [0.1, 0.15) is 21.5 Å². The molecule has 0 aliphatic rings. The third-order valence-corrected chi connectivity index (χ3v) is 3.98. The third-order valence-electron chi connectivity index (χ3n) is 3.98. The van der Waals surface area contributed by atoms with Crippen LogP contribution in [0.15, 0.2) is 77.2 Å². The van der Waals surface area contributed by atoms with E-state index in [1.807, 2.05) is 79.7 Å². The van der Waals surface area contributed by atoms with E-state index in [9.17, 15) is 4.79 Å². The van der Waals surface area contributed by atoms with Crippen LogP contribution in [0.5, 0.6) is 0 Å². The Morgan fingerprint density at radius 2 is 1.67 bits per heavy atom. The van der Waals surface area contributed by atoms with Crippen molar-refractivity contribution in [1.82, 2.24) is 4.98 Å². The van der Waals surface area contributed by atoms with Crippen molar-refractivity contribution in [1.29, 1.82) is 0 Å². The van der Waals surface area contributed by atoms with Crippen molar-refractivity contribution >= 4 is 16.9 Å². The number of aryl methyl sites for hydroxylation is 1. The minimum absolute atomic E-state index is 0.0310. The Kier molecular flexibility index (Phi) is 3.47. The molecule has 0 saturated carbocycles. The highest BCUT2D eigenvalue weighted by atomic mass is 16.3. The molecule has 0 aliphatic carbocycles. The number of aromatic nitrogens is 1. The van der Waals surface area contributed by atoms with Gasteiger partial charge in [0.1, 0.15) is 5.52 Å². The highest BCUT2D eigenvalue weighted by Crippen LogP contribution is 2.29. The van der Waals surface area contributed by atoms with Crippen molar-refractivity contribution in [3.63, 3.8) is 0 Å². The Labute approximate surface area is 139 Å². The minimum atomic E-state index is -0.0310. The molecule has 0 N–H and O–H groups in total. The van der Waals surface area contributed by atoms with Gasteiger partial charge < -0.3 is 4.42 Å². The van der Waals surface area contributed by atoms with Gasteiger partial charge in [-0.2, -0.15) is 0 Å². The predicted octanol–water partition coefficient (Wildman–Crippen LogP) is 5.03. The summed E-state index contributed by atoms with van der Waals surface area (Å²) in [4.78, 5) is 17.5. The van der Waals surface area contributed by atoms with Crippen LogP contribution in [0.3, 0.4) is 0 Å². The molecule has 0 saturated heterocycles. The first-order valence-corrected chi connectivity index (χ1v) is 7.79. The van der Waals surface area contributed by atoms with Gasteiger partial charge in [-0.1, -0.05) is 54.1 Å². The smallest absolute Gasteiger partial charge is 0.228 e. The lowest BCUT2D eigenvalue weighted by molar-refractivity contribution is 0.103. The molecule has 0 aliphatic heterocycles. The summed E-state index contributed by atoms with van der Waals surface area (Å²) in [6.07, 6.45) is 0. The maximum absolute atomic E-state index is 12.9. The first kappa shape index (κ1) is 14.4. The van der Waals surface area contributed by atoms with Gasteiger partial charge in [0.05, 0.1) is 0 Å². The Morgan fingerprint density at radius 1 is 0.917 bits per heavy atom. The molecule has 0 amide bonds. The van der Waals surface area contributed by atoms with Gasteiger partial charge in [0, 0.05) is 16.7 Å². The van der Waals surface area contributed by atoms with Crippen LogP contribution >= 0.6 is 0 Å². The van der Waals surface area contributed by atoms with E-state index >= 15 is 0 Å². The molecule has 0 bridgehead atoms. The highest BCUT2D eigenvalue weighted by Gasteiger charge is 2.18. The molecular weight excluding hydrogens is 298 g/mol. The average Bonchev–Trinajstić information content (AvgIpc) is 3.05. The summed E-state index contributed by atoms with van der Waals surface area (Å²) in [6, 6.07) is 22.6. The summed E-state index contributed by atoms with van der Waals surface area (Å²) in [5, 5.41) is 0. The summed E-state index contributed by atoms with van der Waals surface area (Å²) in [5.74, 6) is 0.437. The standard InChI is InChI=1S/C21H15NO2/c1-14-11-12-16(21-22-18-9-5-6-10-19(18)24-21)17(13-14)20(23)15-7-3-2-4-8-15/h2-13H,1H3. The van der Waals surface area contributed by atoms with Gasteiger partial charge in [-0.3, -0.25) is 4.79 Å². The summed E-state index contributed by atoms with van der Waals surface area (Å²) < 4.78 is 5.86. The van der Waals surface area contributed by atoms with E-state index in [2.05, 4.69) is 4.98 Å². The molecule has 0 atom stereocenters. The molecule has 3 nitrogen and oxygen atoms in total. The molecular formula is C21H15NO2. The number of rotatable bonds is 3. The van der Waals surface area contributed by atoms with E-state index in [-0.39, 0.29) is 5.78 Å². The molecule has 1 heterocycles. The van der Waals surface area contributed by atoms with E-state index in [1.54, 1.807) is 0 Å². The van der Waals surface area contributed by atoms with Crippen LogP contribution in [0.25, 0.3) is 22.6 Å². The second-order valence-electron chi connectivity index (χ2n) is 5.73. The van der Waals surface area contributed by atoms with Crippen molar-refractivity contribution in [3.8, 4) is 11.5 Å². The molecule has 0 fully saturated rings. The summed E-state index contributed by atoms with van der Waals surface area (Å²) in [5.41, 5.74) is 4.49. The summed E-state index contributed by atoms with van der Waals surface area (Å²) in [6.45, 7) is 1.97. The number of nitrogens with zero attached hydrogens (tertiary/aromatic N) is 1. The lowest BCUT2D eigenvalue weighted by Gasteiger charge is -2.07. The zero-order chi connectivity index (χ0) is 16.5. The second-order valence-corrected chi connectivity index (χ2v) is 5.73. The molecule has 0 unspecified atom stereocenters. The third kappa shape index (κ3) is 2.50. The molecule has 1 aromatic heterocycles. The fourth-order valence-corrected chi connectivity index (χ4v) is 2.76. The normalized spacial score (nSPS) is 10.9. The number of oxazole rings is 1. The Morgan fingerprint density at radius 3 is 2.46 bits per heavy atom. The van der Waals surface area contributed by atoms with Crippen LogP contribution in [-0.2, 0) is 0 Å². The molecule has 0 radical (unpaired) electrons. The van der Waals surface area contributed by atoms with Gasteiger partial charge in [0.2, 0.25) is 5.89 Å². The Balaban J connectivity index is 1.88. The van der Waals surface area contributed by atoms with E-state index < -0.39 is 0 Å². The number of benzene rings is 3. The zero-order valence-electron chi connectivity index (χ0n) is 13.2. The molecule has 3 heteroatoms. The van der Waals surface area contributed by atoms with Crippen molar-refractivity contribution in [2.75, 3.05) is 0 Å². The van der Waals surface area contributed by atoms with Crippen molar-refractivity contribution in [3.05, 3.63) is 89.5 Å². The van der Waals surface area contributed by atoms with Gasteiger partial charge in [0.25, 0.3) is 0 Å². The molecule has 24 heavy (non-hydrogen) atoms. The first-order valence-electron chi connectivity index (χ1n) is 7.79. The molecule has 4 rings (SSSR count). The first-order chi connectivity index (χ1) is 11.7. The lowest BCUT2D eigenvalue weighted by atomic mass is 9.96. The number of hydrogen-bond acceptors (Lipinski definition) is 3. The maximum atomic E-state index is 12.9. The van der Waals surface area contributed by atoms with Crippen molar-refractivity contribution in [2.24, 2.45) is 0 Å². The molecule has 116 valence electrons. The van der Waals surface area contributed by atoms with Crippen LogP contribution in [0, 0.1) is 6.92 Å². The predicted molar refractivity (Wildman–Crippen MR) is 94.1 cm³/mol. The van der Waals surface area contributed by atoms with Gasteiger partial charge in [0.15, 0.2) is 11.4 Å².